The molecule has 0 rings (SSSR count). The predicted molar refractivity (Wildman–Crippen MR) is 17.4 cm³/mol. The lowest BCUT2D eigenvalue weighted by atomic mass is 10.7. The molecule has 0 fully saturated rings. The minimum absolute atomic E-state index is 1.06. The Balaban J connectivity index is 4.40. The second kappa shape index (κ2) is 0.934. The summed E-state index contributed by atoms with van der Waals surface area (Å²) in [7, 11) is 0. The third-order valence-corrected chi connectivity index (χ3v) is 0. The molecule has 0 aromatic carbocycles. The van der Waals surface area contributed by atoms with Gasteiger partial charge in [0, 0.05) is 4.11 Å². The zero-order valence-corrected chi connectivity index (χ0v) is 1.95. The van der Waals surface area contributed by atoms with Crippen LogP contribution in [0.15, 0.2) is 12.3 Å². The number of allylic oxidation sites excluding steroid dienone is 1. The normalized spacial score (nSPS) is 26.5. The SMILES string of the molecule is [2H]C([2H])=C(O)C([2H])([2H])[2H]. The van der Waals surface area contributed by atoms with Gasteiger partial charge in [0.15, 0.2) is 0 Å². The molecule has 0 aliphatic heterocycles. The van der Waals surface area contributed by atoms with Gasteiger partial charge in [-0.25, -0.2) is 0 Å². The van der Waals surface area contributed by atoms with E-state index < -0.39 is 19.1 Å². The van der Waals surface area contributed by atoms with Crippen LogP contribution in [0.4, 0.5) is 0 Å². The Hall–Kier alpha value is -0.460. The molecule has 1 nitrogen and oxygen atoms in total. The first kappa shape index (κ1) is 0.402. The fourth-order valence-electron chi connectivity index (χ4n) is 0. The average Bonchev–Trinajstić information content (AvgIpc) is 1.62. The number of hydrogen-bond acceptors (Lipinski definition) is 1. The quantitative estimate of drug-likeness (QED) is 0.417. The van der Waals surface area contributed by atoms with Gasteiger partial charge in [-0.3, -0.25) is 0 Å². The molecule has 0 heterocycles. The van der Waals surface area contributed by atoms with Gasteiger partial charge in [-0.05, 0) is 6.85 Å². The van der Waals surface area contributed by atoms with E-state index in [0.29, 0.717) is 0 Å². The number of aliphatic hydroxyl groups excluding tert-OH is 1. The molecule has 0 bridgehead atoms. The molecule has 24 valence electrons. The summed E-state index contributed by atoms with van der Waals surface area (Å²) in [5, 5.41) is 8.41. The molecule has 1 heteroatoms. The summed E-state index contributed by atoms with van der Waals surface area (Å²) in [4.78, 5) is 0. The van der Waals surface area contributed by atoms with Crippen LogP contribution >= 0.6 is 0 Å². The van der Waals surface area contributed by atoms with E-state index >= 15 is 0 Å². The summed E-state index contributed by atoms with van der Waals surface area (Å²) in [5.41, 5.74) is 0. The molecular formula is C3H6O. The highest BCUT2D eigenvalue weighted by atomic mass is 16.3. The summed E-state index contributed by atoms with van der Waals surface area (Å²) >= 11 is 0. The second-order valence-electron chi connectivity index (χ2n) is 0.349. The van der Waals surface area contributed by atoms with Crippen molar-refractivity contribution in [1.82, 2.24) is 0 Å². The maximum Gasteiger partial charge on any atom is 0.0820 e. The van der Waals surface area contributed by atoms with E-state index in [1.54, 1.807) is 0 Å². The van der Waals surface area contributed by atoms with Crippen LogP contribution in [-0.2, 0) is 0 Å². The lowest BCUT2D eigenvalue weighted by molar-refractivity contribution is 0.417. The van der Waals surface area contributed by atoms with Crippen LogP contribution in [0.3, 0.4) is 0 Å². The second-order valence-corrected chi connectivity index (χ2v) is 0.349. The van der Waals surface area contributed by atoms with Crippen LogP contribution in [-0.4, -0.2) is 5.11 Å². The Labute approximate surface area is 32.6 Å². The molecule has 0 aromatic heterocycles. The molecule has 0 amide bonds. The van der Waals surface area contributed by atoms with Gasteiger partial charge in [-0.15, -0.1) is 0 Å². The zero-order chi connectivity index (χ0) is 7.65. The van der Waals surface area contributed by atoms with E-state index in [9.17, 15) is 0 Å². The van der Waals surface area contributed by atoms with E-state index in [1.165, 1.54) is 0 Å². The van der Waals surface area contributed by atoms with Crippen molar-refractivity contribution >= 4 is 0 Å². The van der Waals surface area contributed by atoms with Crippen molar-refractivity contribution in [3.63, 3.8) is 0 Å². The van der Waals surface area contributed by atoms with Crippen molar-refractivity contribution in [2.45, 2.75) is 6.85 Å². The van der Waals surface area contributed by atoms with Crippen LogP contribution in [0.25, 0.3) is 0 Å². The third kappa shape index (κ3) is 2.12. The average molecular weight is 63.1 g/mol. The maximum atomic E-state index is 8.41. The number of rotatable bonds is 0. The Morgan fingerprint density at radius 2 is 3.50 bits per heavy atom. The topological polar surface area (TPSA) is 20.2 Å². The van der Waals surface area contributed by atoms with Crippen LogP contribution < -0.4 is 0 Å². The Morgan fingerprint density at radius 1 is 2.75 bits per heavy atom. The van der Waals surface area contributed by atoms with Crippen molar-refractivity contribution < 1.29 is 12.0 Å². The monoisotopic (exact) mass is 63.1 g/mol. The zero-order valence-electron chi connectivity index (χ0n) is 6.95. The number of hydrogen-bond donors (Lipinski definition) is 1. The van der Waals surface area contributed by atoms with E-state index in [4.69, 9.17) is 12.0 Å². The Kier molecular flexibility index (Phi) is 0.0938. The molecule has 0 saturated carbocycles. The summed E-state index contributed by atoms with van der Waals surface area (Å²) in [6, 6.07) is 0. The van der Waals surface area contributed by atoms with Gasteiger partial charge in [0.2, 0.25) is 0 Å². The molecule has 0 unspecified atom stereocenters. The Bertz CT molecular complexity index is 130. The van der Waals surface area contributed by atoms with Gasteiger partial charge in [-0.1, -0.05) is 6.53 Å². The van der Waals surface area contributed by atoms with Gasteiger partial charge >= 0.3 is 0 Å². The third-order valence-electron chi connectivity index (χ3n) is 0. The maximum absolute atomic E-state index is 8.41. The summed E-state index contributed by atoms with van der Waals surface area (Å²) in [6.07, 6.45) is 0. The molecule has 0 aromatic rings. The lowest BCUT2D eigenvalue weighted by Crippen LogP contribution is -1.54. The van der Waals surface area contributed by atoms with Gasteiger partial charge < -0.3 is 5.11 Å². The summed E-state index contributed by atoms with van der Waals surface area (Å²) < 4.78 is 32.1. The van der Waals surface area contributed by atoms with Crippen LogP contribution in [0.1, 0.15) is 13.7 Å². The highest BCUT2D eigenvalue weighted by Gasteiger charge is 1.53. The lowest BCUT2D eigenvalue weighted by Gasteiger charge is -1.68. The van der Waals surface area contributed by atoms with Gasteiger partial charge in [0.1, 0.15) is 0 Å². The highest BCUT2D eigenvalue weighted by molar-refractivity contribution is 4.67. The van der Waals surface area contributed by atoms with Gasteiger partial charge in [-0.2, -0.15) is 0 Å². The van der Waals surface area contributed by atoms with E-state index in [-0.39, 0.29) is 0 Å². The molecule has 0 aliphatic rings. The first-order valence-electron chi connectivity index (χ1n) is 3.22. The molecule has 0 radical (unpaired) electrons. The van der Waals surface area contributed by atoms with Crippen LogP contribution in [0.2, 0.25) is 0 Å². The van der Waals surface area contributed by atoms with Crippen LogP contribution in [0, 0.1) is 0 Å². The van der Waals surface area contributed by atoms with Crippen molar-refractivity contribution in [2.75, 3.05) is 0 Å². The van der Waals surface area contributed by atoms with Crippen molar-refractivity contribution in [2.24, 2.45) is 0 Å². The van der Waals surface area contributed by atoms with E-state index in [1.807, 2.05) is 0 Å². The fraction of sp³-hybridized carbons (Fsp3) is 0.333. The van der Waals surface area contributed by atoms with Crippen LogP contribution in [0.5, 0.6) is 0 Å². The van der Waals surface area contributed by atoms with Crippen molar-refractivity contribution in [1.29, 1.82) is 0 Å². The van der Waals surface area contributed by atoms with Crippen molar-refractivity contribution in [3.8, 4) is 0 Å². The molecule has 0 saturated heterocycles. The largest absolute Gasteiger partial charge is 0.513 e. The predicted octanol–water partition coefficient (Wildman–Crippen LogP) is 1.08. The van der Waals surface area contributed by atoms with E-state index in [2.05, 4.69) is 0 Å². The Morgan fingerprint density at radius 3 is 3.50 bits per heavy atom. The smallest absolute Gasteiger partial charge is 0.0820 e. The minimum atomic E-state index is -2.71. The first-order chi connectivity index (χ1) is 3.85. The molecular weight excluding hydrogens is 52.0 g/mol. The summed E-state index contributed by atoms with van der Waals surface area (Å²) in [5.74, 6) is -1.16. The minimum Gasteiger partial charge on any atom is -0.513 e. The molecule has 0 atom stereocenters. The van der Waals surface area contributed by atoms with E-state index in [0.717, 1.165) is 0 Å². The fourth-order valence-corrected chi connectivity index (χ4v) is 0. The molecule has 1 N–H and O–H groups in total. The molecule has 0 spiro atoms. The van der Waals surface area contributed by atoms with Gasteiger partial charge in [0.25, 0.3) is 0 Å². The van der Waals surface area contributed by atoms with Crippen molar-refractivity contribution in [3.05, 3.63) is 12.3 Å². The number of aliphatic hydroxyl groups is 1. The molecule has 0 aliphatic carbocycles. The summed E-state index contributed by atoms with van der Waals surface area (Å²) in [6.45, 7) is -3.77. The standard InChI is InChI=1S/C3H6O/c1-3(2)4/h4H,1H2,2H3/i1D2,2D3. The first-order valence-corrected chi connectivity index (χ1v) is 0.724. The highest BCUT2D eigenvalue weighted by Crippen LogP contribution is 1.66. The molecule has 4 heavy (non-hydrogen) atoms. The van der Waals surface area contributed by atoms with Gasteiger partial charge in [0.05, 0.1) is 8.50 Å².